The fourth-order valence-corrected chi connectivity index (χ4v) is 2.39. The second-order valence-corrected chi connectivity index (χ2v) is 4.97. The third-order valence-corrected chi connectivity index (χ3v) is 3.34. The summed E-state index contributed by atoms with van der Waals surface area (Å²) < 4.78 is 9.90. The van der Waals surface area contributed by atoms with Gasteiger partial charge < -0.3 is 14.4 Å². The lowest BCUT2D eigenvalue weighted by Gasteiger charge is -2.19. The van der Waals surface area contributed by atoms with Gasteiger partial charge in [-0.15, -0.1) is 0 Å². The van der Waals surface area contributed by atoms with Gasteiger partial charge in [0.2, 0.25) is 5.91 Å². The maximum absolute atomic E-state index is 11.9. The molecule has 1 aliphatic heterocycles. The van der Waals surface area contributed by atoms with Crippen LogP contribution in [-0.4, -0.2) is 37.9 Å². The second-order valence-electron chi connectivity index (χ2n) is 4.24. The molecule has 1 aliphatic rings. The van der Waals surface area contributed by atoms with E-state index in [9.17, 15) is 9.59 Å². The first-order valence-corrected chi connectivity index (χ1v) is 6.33. The molecule has 0 radical (unpaired) electrons. The number of rotatable bonds is 3. The second kappa shape index (κ2) is 5.52. The molecular formula is C13H15NO4S. The Kier molecular flexibility index (Phi) is 3.99. The summed E-state index contributed by atoms with van der Waals surface area (Å²) in [4.78, 5) is 24.9. The molecule has 1 heterocycles. The zero-order chi connectivity index (χ0) is 14.0. The Balaban J connectivity index is 2.36. The van der Waals surface area contributed by atoms with Gasteiger partial charge in [-0.25, -0.2) is 4.79 Å². The highest BCUT2D eigenvalue weighted by atomic mass is 32.1. The molecule has 0 spiro atoms. The van der Waals surface area contributed by atoms with Crippen LogP contribution in [0, 0.1) is 0 Å². The van der Waals surface area contributed by atoms with Crippen LogP contribution in [0.25, 0.3) is 0 Å². The lowest BCUT2D eigenvalue weighted by molar-refractivity contribution is -0.117. The largest absolute Gasteiger partial charge is 0.495 e. The number of benzene rings is 1. The number of esters is 1. The third kappa shape index (κ3) is 2.68. The average molecular weight is 281 g/mol. The first-order chi connectivity index (χ1) is 9.06. The molecule has 2 rings (SSSR count). The SMILES string of the molecule is COC(=O)c1ccc(N2CC(S)CC2=O)c(OC)c1. The van der Waals surface area contributed by atoms with Crippen LogP contribution in [0.1, 0.15) is 16.8 Å². The van der Waals surface area contributed by atoms with Crippen molar-refractivity contribution in [3.05, 3.63) is 23.8 Å². The quantitative estimate of drug-likeness (QED) is 0.674. The van der Waals surface area contributed by atoms with Gasteiger partial charge in [-0.1, -0.05) is 0 Å². The summed E-state index contributed by atoms with van der Waals surface area (Å²) in [7, 11) is 2.82. The lowest BCUT2D eigenvalue weighted by Crippen LogP contribution is -2.25. The predicted molar refractivity (Wildman–Crippen MR) is 74.1 cm³/mol. The Hall–Kier alpha value is -1.69. The molecule has 5 nitrogen and oxygen atoms in total. The average Bonchev–Trinajstić information content (AvgIpc) is 2.75. The fraction of sp³-hybridized carbons (Fsp3) is 0.385. The number of nitrogens with zero attached hydrogens (tertiary/aromatic N) is 1. The number of methoxy groups -OCH3 is 2. The molecule has 1 aromatic rings. The first-order valence-electron chi connectivity index (χ1n) is 5.81. The molecule has 0 aromatic heterocycles. The van der Waals surface area contributed by atoms with E-state index in [1.165, 1.54) is 14.2 Å². The van der Waals surface area contributed by atoms with Crippen molar-refractivity contribution in [3.8, 4) is 5.75 Å². The molecule has 1 unspecified atom stereocenters. The number of thiol groups is 1. The molecular weight excluding hydrogens is 266 g/mol. The number of hydrogen-bond donors (Lipinski definition) is 1. The minimum Gasteiger partial charge on any atom is -0.495 e. The first kappa shape index (κ1) is 13.7. The lowest BCUT2D eigenvalue weighted by atomic mass is 10.1. The van der Waals surface area contributed by atoms with Gasteiger partial charge in [-0.2, -0.15) is 12.6 Å². The number of hydrogen-bond acceptors (Lipinski definition) is 5. The van der Waals surface area contributed by atoms with Crippen molar-refractivity contribution in [1.29, 1.82) is 0 Å². The third-order valence-electron chi connectivity index (χ3n) is 3.00. The van der Waals surface area contributed by atoms with E-state index in [0.29, 0.717) is 30.0 Å². The number of carbonyl (C=O) groups excluding carboxylic acids is 2. The Morgan fingerprint density at radius 1 is 1.42 bits per heavy atom. The van der Waals surface area contributed by atoms with Crippen molar-refractivity contribution in [2.75, 3.05) is 25.7 Å². The molecule has 102 valence electrons. The summed E-state index contributed by atoms with van der Waals surface area (Å²) in [5.41, 5.74) is 1.04. The van der Waals surface area contributed by atoms with Gasteiger partial charge in [0.05, 0.1) is 25.5 Å². The van der Waals surface area contributed by atoms with E-state index in [1.807, 2.05) is 0 Å². The van der Waals surface area contributed by atoms with E-state index in [-0.39, 0.29) is 11.2 Å². The molecule has 0 aliphatic carbocycles. The summed E-state index contributed by atoms with van der Waals surface area (Å²) in [6, 6.07) is 4.87. The van der Waals surface area contributed by atoms with Crippen LogP contribution in [0.15, 0.2) is 18.2 Å². The van der Waals surface area contributed by atoms with Crippen LogP contribution < -0.4 is 9.64 Å². The molecule has 19 heavy (non-hydrogen) atoms. The Morgan fingerprint density at radius 3 is 2.68 bits per heavy atom. The van der Waals surface area contributed by atoms with Gasteiger partial charge >= 0.3 is 5.97 Å². The fourth-order valence-electron chi connectivity index (χ4n) is 2.07. The summed E-state index contributed by atoms with van der Waals surface area (Å²) in [5.74, 6) is 0.0347. The zero-order valence-corrected chi connectivity index (χ0v) is 11.6. The van der Waals surface area contributed by atoms with E-state index in [1.54, 1.807) is 23.1 Å². The highest BCUT2D eigenvalue weighted by molar-refractivity contribution is 7.81. The molecule has 1 atom stereocenters. The van der Waals surface area contributed by atoms with Gasteiger partial charge in [0.25, 0.3) is 0 Å². The molecule has 6 heteroatoms. The molecule has 0 bridgehead atoms. The van der Waals surface area contributed by atoms with Crippen LogP contribution in [0.3, 0.4) is 0 Å². The summed E-state index contributed by atoms with van der Waals surface area (Å²) in [6.07, 6.45) is 0.408. The maximum Gasteiger partial charge on any atom is 0.337 e. The van der Waals surface area contributed by atoms with Crippen LogP contribution in [0.2, 0.25) is 0 Å². The number of anilines is 1. The van der Waals surface area contributed by atoms with Crippen molar-refractivity contribution in [1.82, 2.24) is 0 Å². The minimum absolute atomic E-state index is 0.00381. The van der Waals surface area contributed by atoms with Crippen molar-refractivity contribution in [3.63, 3.8) is 0 Å². The topological polar surface area (TPSA) is 55.8 Å². The number of ether oxygens (including phenoxy) is 2. The molecule has 1 fully saturated rings. The molecule has 0 N–H and O–H groups in total. The van der Waals surface area contributed by atoms with Crippen LogP contribution in [-0.2, 0) is 9.53 Å². The predicted octanol–water partition coefficient (Wildman–Crippen LogP) is 1.52. The molecule has 1 amide bonds. The van der Waals surface area contributed by atoms with E-state index >= 15 is 0 Å². The van der Waals surface area contributed by atoms with E-state index in [0.717, 1.165) is 0 Å². The van der Waals surface area contributed by atoms with Gasteiger partial charge in [0.1, 0.15) is 5.75 Å². The molecule has 1 saturated heterocycles. The monoisotopic (exact) mass is 281 g/mol. The Morgan fingerprint density at radius 2 is 2.16 bits per heavy atom. The normalized spacial score (nSPS) is 18.6. The standard InChI is InChI=1S/C13H15NO4S/c1-17-11-5-8(13(16)18-2)3-4-10(11)14-7-9(19)6-12(14)15/h3-5,9,19H,6-7H2,1-2H3. The summed E-state index contributed by atoms with van der Waals surface area (Å²) in [5, 5.41) is 0.0255. The van der Waals surface area contributed by atoms with Crippen molar-refractivity contribution >= 4 is 30.2 Å². The maximum atomic E-state index is 11.9. The minimum atomic E-state index is -0.440. The number of carbonyl (C=O) groups is 2. The molecule has 0 saturated carbocycles. The Bertz CT molecular complexity index is 517. The van der Waals surface area contributed by atoms with Crippen LogP contribution >= 0.6 is 12.6 Å². The van der Waals surface area contributed by atoms with Crippen molar-refractivity contribution in [2.24, 2.45) is 0 Å². The van der Waals surface area contributed by atoms with Crippen molar-refractivity contribution in [2.45, 2.75) is 11.7 Å². The summed E-state index contributed by atoms with van der Waals surface area (Å²) >= 11 is 4.32. The van der Waals surface area contributed by atoms with Crippen molar-refractivity contribution < 1.29 is 19.1 Å². The van der Waals surface area contributed by atoms with Gasteiger partial charge in [-0.05, 0) is 18.2 Å². The zero-order valence-electron chi connectivity index (χ0n) is 10.8. The smallest absolute Gasteiger partial charge is 0.337 e. The van der Waals surface area contributed by atoms with E-state index in [2.05, 4.69) is 17.4 Å². The van der Waals surface area contributed by atoms with E-state index < -0.39 is 5.97 Å². The molecule has 1 aromatic carbocycles. The van der Waals surface area contributed by atoms with Gasteiger partial charge in [-0.3, -0.25) is 4.79 Å². The highest BCUT2D eigenvalue weighted by Crippen LogP contribution is 2.33. The highest BCUT2D eigenvalue weighted by Gasteiger charge is 2.30. The van der Waals surface area contributed by atoms with Gasteiger partial charge in [0.15, 0.2) is 0 Å². The van der Waals surface area contributed by atoms with E-state index in [4.69, 9.17) is 4.74 Å². The number of amides is 1. The summed E-state index contributed by atoms with van der Waals surface area (Å²) in [6.45, 7) is 0.538. The van der Waals surface area contributed by atoms with Gasteiger partial charge in [0, 0.05) is 18.2 Å². The van der Waals surface area contributed by atoms with Crippen LogP contribution in [0.5, 0.6) is 5.75 Å². The Labute approximate surface area is 116 Å². The van der Waals surface area contributed by atoms with Crippen LogP contribution in [0.4, 0.5) is 5.69 Å².